The normalized spacial score (nSPS) is 25.4. The van der Waals surface area contributed by atoms with Gasteiger partial charge in [0.1, 0.15) is 11.6 Å². The number of fused-ring (bicyclic) bond motifs is 4. The fourth-order valence-electron chi connectivity index (χ4n) is 5.68. The predicted molar refractivity (Wildman–Crippen MR) is 132 cm³/mol. The van der Waals surface area contributed by atoms with Crippen molar-refractivity contribution in [2.24, 2.45) is 5.41 Å². The van der Waals surface area contributed by atoms with Gasteiger partial charge < -0.3 is 10.5 Å². The zero-order valence-corrected chi connectivity index (χ0v) is 22.1. The number of piperidine rings is 1. The molecule has 1 aliphatic heterocycles. The molecule has 3 nitrogen and oxygen atoms in total. The van der Waals surface area contributed by atoms with E-state index in [4.69, 9.17) is 10.5 Å². The summed E-state index contributed by atoms with van der Waals surface area (Å²) in [6, 6.07) is 6.25. The fraction of sp³-hybridized carbons (Fsp3) is 0.520. The first-order valence-electron chi connectivity index (χ1n) is 11.0. The third-order valence-electron chi connectivity index (χ3n) is 7.99. The lowest BCUT2D eigenvalue weighted by Crippen LogP contribution is -2.64. The lowest BCUT2D eigenvalue weighted by Gasteiger charge is -2.61. The minimum Gasteiger partial charge on any atom is -0.398 e. The van der Waals surface area contributed by atoms with Crippen LogP contribution in [0.2, 0.25) is 0 Å². The molecule has 2 aromatic carbocycles. The number of halogens is 4. The summed E-state index contributed by atoms with van der Waals surface area (Å²) in [6.07, 6.45) is 1.69. The molecule has 7 heteroatoms. The summed E-state index contributed by atoms with van der Waals surface area (Å²) in [4.78, 5) is 2.47. The standard InChI is InChI=1S/C25H30Br2F2N2O/c1-14(32-13-16-19(28)6-5-7-20(16)29)12-31-9-8-25(4)22-15(10-21(31)24(25,2)3)23(30)18(27)11-17(22)26/h5-7,11,14,21H,8-10,12-13,30H2,1-4H3. The number of nitrogens with zero attached hydrogens (tertiary/aromatic N) is 1. The molecule has 2 bridgehead atoms. The number of hydrogen-bond donors (Lipinski definition) is 1. The van der Waals surface area contributed by atoms with Crippen LogP contribution >= 0.6 is 31.9 Å². The van der Waals surface area contributed by atoms with Crippen LogP contribution in [0, 0.1) is 17.0 Å². The molecule has 2 aromatic rings. The van der Waals surface area contributed by atoms with Crippen LogP contribution < -0.4 is 5.73 Å². The quantitative estimate of drug-likeness (QED) is 0.411. The molecule has 2 N–H and O–H groups in total. The number of rotatable bonds is 5. The number of nitrogens with two attached hydrogens (primary N) is 1. The van der Waals surface area contributed by atoms with Gasteiger partial charge in [-0.3, -0.25) is 4.90 Å². The molecule has 32 heavy (non-hydrogen) atoms. The average Bonchev–Trinajstić information content (AvgIpc) is 2.69. The molecule has 0 radical (unpaired) electrons. The number of anilines is 1. The van der Waals surface area contributed by atoms with Crippen LogP contribution in [0.5, 0.6) is 0 Å². The summed E-state index contributed by atoms with van der Waals surface area (Å²) in [5, 5.41) is 0. The van der Waals surface area contributed by atoms with Gasteiger partial charge in [-0.05, 0) is 77.0 Å². The molecule has 3 unspecified atom stereocenters. The van der Waals surface area contributed by atoms with E-state index in [2.05, 4.69) is 63.6 Å². The Morgan fingerprint density at radius 1 is 1.19 bits per heavy atom. The molecule has 1 saturated heterocycles. The molecular weight excluding hydrogens is 542 g/mol. The zero-order valence-electron chi connectivity index (χ0n) is 18.9. The zero-order chi connectivity index (χ0) is 23.4. The molecule has 0 aromatic heterocycles. The second-order valence-electron chi connectivity index (χ2n) is 9.95. The van der Waals surface area contributed by atoms with Gasteiger partial charge in [-0.1, -0.05) is 42.8 Å². The van der Waals surface area contributed by atoms with Crippen LogP contribution in [0.25, 0.3) is 0 Å². The Kier molecular flexibility index (Phi) is 6.51. The molecular formula is C25H30Br2F2N2O. The topological polar surface area (TPSA) is 38.5 Å². The highest BCUT2D eigenvalue weighted by Crippen LogP contribution is 2.59. The first-order chi connectivity index (χ1) is 15.0. The lowest BCUT2D eigenvalue weighted by atomic mass is 9.51. The van der Waals surface area contributed by atoms with Crippen LogP contribution in [0.1, 0.15) is 50.8 Å². The molecule has 2 aliphatic rings. The highest BCUT2D eigenvalue weighted by atomic mass is 79.9. The summed E-state index contributed by atoms with van der Waals surface area (Å²) >= 11 is 7.42. The number of ether oxygens (including phenoxy) is 1. The molecule has 3 atom stereocenters. The fourth-order valence-corrected chi connectivity index (χ4v) is 7.37. The summed E-state index contributed by atoms with van der Waals surface area (Å²) in [6.45, 7) is 10.6. The first-order valence-corrected chi connectivity index (χ1v) is 12.6. The minimum atomic E-state index is -0.567. The van der Waals surface area contributed by atoms with Gasteiger partial charge >= 0.3 is 0 Å². The molecule has 0 amide bonds. The molecule has 1 aliphatic carbocycles. The Morgan fingerprint density at radius 3 is 2.50 bits per heavy atom. The van der Waals surface area contributed by atoms with Crippen molar-refractivity contribution < 1.29 is 13.5 Å². The second kappa shape index (κ2) is 8.64. The average molecular weight is 572 g/mol. The smallest absolute Gasteiger partial charge is 0.131 e. The van der Waals surface area contributed by atoms with Gasteiger partial charge in [0.05, 0.1) is 12.7 Å². The summed E-state index contributed by atoms with van der Waals surface area (Å²) in [5.41, 5.74) is 9.87. The van der Waals surface area contributed by atoms with E-state index < -0.39 is 11.6 Å². The maximum absolute atomic E-state index is 14.0. The first kappa shape index (κ1) is 24.1. The van der Waals surface area contributed by atoms with Crippen molar-refractivity contribution >= 4 is 37.5 Å². The summed E-state index contributed by atoms with van der Waals surface area (Å²) in [7, 11) is 0. The molecule has 0 spiro atoms. The molecule has 0 saturated carbocycles. The van der Waals surface area contributed by atoms with E-state index >= 15 is 0 Å². The Labute approximate surface area is 206 Å². The van der Waals surface area contributed by atoms with Crippen molar-refractivity contribution in [3.05, 3.63) is 61.5 Å². The molecule has 1 heterocycles. The summed E-state index contributed by atoms with van der Waals surface area (Å²) < 4.78 is 35.8. The molecule has 174 valence electrons. The largest absolute Gasteiger partial charge is 0.398 e. The van der Waals surface area contributed by atoms with E-state index in [-0.39, 0.29) is 35.1 Å². The van der Waals surface area contributed by atoms with E-state index in [1.165, 1.54) is 29.3 Å². The third kappa shape index (κ3) is 3.83. The third-order valence-corrected chi connectivity index (χ3v) is 9.27. The molecule has 4 rings (SSSR count). The Hall–Kier alpha value is -1.02. The van der Waals surface area contributed by atoms with Crippen molar-refractivity contribution in [2.75, 3.05) is 18.8 Å². The Balaban J connectivity index is 1.56. The minimum absolute atomic E-state index is 0.0123. The van der Waals surface area contributed by atoms with Gasteiger partial charge in [-0.2, -0.15) is 0 Å². The number of likely N-dealkylation sites (tertiary alicyclic amines) is 1. The van der Waals surface area contributed by atoms with Crippen LogP contribution in [0.15, 0.2) is 33.2 Å². The number of benzene rings is 2. The van der Waals surface area contributed by atoms with Crippen LogP contribution in [0.4, 0.5) is 14.5 Å². The van der Waals surface area contributed by atoms with Crippen LogP contribution in [-0.2, 0) is 23.2 Å². The van der Waals surface area contributed by atoms with Crippen LogP contribution in [-0.4, -0.2) is 30.1 Å². The van der Waals surface area contributed by atoms with Gasteiger partial charge in [-0.25, -0.2) is 8.78 Å². The highest BCUT2D eigenvalue weighted by Gasteiger charge is 2.57. The monoisotopic (exact) mass is 570 g/mol. The molecule has 1 fully saturated rings. The van der Waals surface area contributed by atoms with Crippen molar-refractivity contribution in [3.8, 4) is 0 Å². The van der Waals surface area contributed by atoms with E-state index in [0.717, 1.165) is 34.0 Å². The van der Waals surface area contributed by atoms with Gasteiger partial charge in [0.2, 0.25) is 0 Å². The van der Waals surface area contributed by atoms with Crippen molar-refractivity contribution in [1.29, 1.82) is 0 Å². The van der Waals surface area contributed by atoms with Crippen LogP contribution in [0.3, 0.4) is 0 Å². The van der Waals surface area contributed by atoms with E-state index in [1.807, 2.05) is 6.92 Å². The van der Waals surface area contributed by atoms with Crippen molar-refractivity contribution in [1.82, 2.24) is 4.90 Å². The summed E-state index contributed by atoms with van der Waals surface area (Å²) in [5.74, 6) is -1.13. The Bertz CT molecular complexity index is 1020. The van der Waals surface area contributed by atoms with E-state index in [9.17, 15) is 8.78 Å². The SMILES string of the molecule is CC(CN1CCC2(C)c3c(Br)cc(Br)c(N)c3CC1C2(C)C)OCc1c(F)cccc1F. The second-order valence-corrected chi connectivity index (χ2v) is 11.7. The number of hydrogen-bond acceptors (Lipinski definition) is 3. The van der Waals surface area contributed by atoms with E-state index in [1.54, 1.807) is 0 Å². The van der Waals surface area contributed by atoms with Gasteiger partial charge in [-0.15, -0.1) is 0 Å². The maximum Gasteiger partial charge on any atom is 0.131 e. The van der Waals surface area contributed by atoms with Crippen molar-refractivity contribution in [3.63, 3.8) is 0 Å². The predicted octanol–water partition coefficient (Wildman–Crippen LogP) is 6.59. The van der Waals surface area contributed by atoms with Crippen molar-refractivity contribution in [2.45, 2.75) is 64.7 Å². The van der Waals surface area contributed by atoms with Gasteiger partial charge in [0, 0.05) is 38.2 Å². The van der Waals surface area contributed by atoms with E-state index in [0.29, 0.717) is 6.54 Å². The maximum atomic E-state index is 14.0. The van der Waals surface area contributed by atoms with Gasteiger partial charge in [0.25, 0.3) is 0 Å². The Morgan fingerprint density at radius 2 is 1.84 bits per heavy atom. The lowest BCUT2D eigenvalue weighted by molar-refractivity contribution is -0.0654. The highest BCUT2D eigenvalue weighted by molar-refractivity contribution is 9.11. The van der Waals surface area contributed by atoms with Gasteiger partial charge in [0.15, 0.2) is 0 Å². The number of nitrogen functional groups attached to an aromatic ring is 1.